The van der Waals surface area contributed by atoms with Crippen LogP contribution in [0.2, 0.25) is 15.6 Å². The van der Waals surface area contributed by atoms with Gasteiger partial charge in [0.15, 0.2) is 0 Å². The Bertz CT molecular complexity index is 186. The molecule has 0 aliphatic heterocycles. The Morgan fingerprint density at radius 2 is 1.80 bits per heavy atom. The van der Waals surface area contributed by atoms with Crippen molar-refractivity contribution in [1.82, 2.24) is 4.57 Å². The van der Waals surface area contributed by atoms with Gasteiger partial charge in [0.2, 0.25) is 0 Å². The summed E-state index contributed by atoms with van der Waals surface area (Å²) in [5, 5.41) is 1.42. The first-order chi connectivity index (χ1) is 4.55. The van der Waals surface area contributed by atoms with E-state index in [0.717, 1.165) is 0 Å². The third-order valence-corrected chi connectivity index (χ3v) is 2.78. The monoisotopic (exact) mass is 199 g/mol. The summed E-state index contributed by atoms with van der Waals surface area (Å²) in [6.45, 7) is 0. The second-order valence-corrected chi connectivity index (χ2v) is 3.02. The molecule has 1 heterocycles. The summed E-state index contributed by atoms with van der Waals surface area (Å²) in [5.41, 5.74) is 0. The molecular weight excluding hydrogens is 194 g/mol. The Hall–Kier alpha value is 0.0800. The number of aromatic nitrogens is 2. The van der Waals surface area contributed by atoms with Crippen LogP contribution in [0, 0.1) is 0 Å². The van der Waals surface area contributed by atoms with Crippen molar-refractivity contribution >= 4 is 34.8 Å². The molecule has 0 saturated carbocycles. The molecule has 0 amide bonds. The SMILES string of the molecule is Cn1c(Cl)c(Cl)[n+](C)c1Cl. The van der Waals surface area contributed by atoms with Gasteiger partial charge < -0.3 is 0 Å². The van der Waals surface area contributed by atoms with Crippen molar-refractivity contribution in [2.75, 3.05) is 0 Å². The summed E-state index contributed by atoms with van der Waals surface area (Å²) in [7, 11) is 3.49. The van der Waals surface area contributed by atoms with Crippen molar-refractivity contribution < 1.29 is 4.57 Å². The van der Waals surface area contributed by atoms with Crippen LogP contribution in [0.1, 0.15) is 0 Å². The van der Waals surface area contributed by atoms with E-state index < -0.39 is 0 Å². The smallest absolute Gasteiger partial charge is 0.205 e. The average molecular weight is 200 g/mol. The zero-order valence-electron chi connectivity index (χ0n) is 5.53. The molecule has 0 aliphatic rings. The zero-order valence-corrected chi connectivity index (χ0v) is 7.80. The maximum atomic E-state index is 5.76. The van der Waals surface area contributed by atoms with Crippen molar-refractivity contribution in [2.45, 2.75) is 0 Å². The van der Waals surface area contributed by atoms with Crippen molar-refractivity contribution in [3.05, 3.63) is 15.6 Å². The van der Waals surface area contributed by atoms with Crippen molar-refractivity contribution in [3.8, 4) is 0 Å². The molecule has 1 rings (SSSR count). The van der Waals surface area contributed by atoms with Gasteiger partial charge in [-0.3, -0.25) is 0 Å². The molecule has 10 heavy (non-hydrogen) atoms. The molecule has 0 aromatic carbocycles. The van der Waals surface area contributed by atoms with E-state index in [0.29, 0.717) is 15.6 Å². The molecule has 0 radical (unpaired) electrons. The van der Waals surface area contributed by atoms with E-state index in [-0.39, 0.29) is 0 Å². The largest absolute Gasteiger partial charge is 0.356 e. The Morgan fingerprint density at radius 3 is 1.90 bits per heavy atom. The van der Waals surface area contributed by atoms with Crippen molar-refractivity contribution in [1.29, 1.82) is 0 Å². The Labute approximate surface area is 73.9 Å². The standard InChI is InChI=1S/C5H6Cl3N2/c1-9-3(6)4(7)10(2)5(9)8/h1-2H3/q+1. The minimum atomic E-state index is 0.453. The Kier molecular flexibility index (Phi) is 2.13. The molecular formula is C5H6Cl3N2+. The molecule has 0 N–H and O–H groups in total. The first kappa shape index (κ1) is 8.18. The van der Waals surface area contributed by atoms with Gasteiger partial charge in [-0.2, -0.15) is 0 Å². The highest BCUT2D eigenvalue weighted by Crippen LogP contribution is 2.21. The van der Waals surface area contributed by atoms with Crippen LogP contribution in [0.15, 0.2) is 0 Å². The lowest BCUT2D eigenvalue weighted by molar-refractivity contribution is -0.666. The van der Waals surface area contributed by atoms with Gasteiger partial charge in [0.25, 0.3) is 10.3 Å². The minimum Gasteiger partial charge on any atom is -0.205 e. The molecule has 56 valence electrons. The maximum absolute atomic E-state index is 5.76. The van der Waals surface area contributed by atoms with E-state index in [1.165, 1.54) is 0 Å². The molecule has 1 aromatic heterocycles. The number of hydrogen-bond acceptors (Lipinski definition) is 0. The summed E-state index contributed by atoms with van der Waals surface area (Å²) in [6.07, 6.45) is 0. The highest BCUT2D eigenvalue weighted by Gasteiger charge is 2.21. The second-order valence-electron chi connectivity index (χ2n) is 1.97. The summed E-state index contributed by atoms with van der Waals surface area (Å²) >= 11 is 17.2. The van der Waals surface area contributed by atoms with E-state index in [9.17, 15) is 0 Å². The second kappa shape index (κ2) is 2.61. The van der Waals surface area contributed by atoms with Gasteiger partial charge in [-0.05, 0) is 23.2 Å². The van der Waals surface area contributed by atoms with Crippen LogP contribution in [0.25, 0.3) is 0 Å². The van der Waals surface area contributed by atoms with Crippen LogP contribution < -0.4 is 4.57 Å². The van der Waals surface area contributed by atoms with Crippen LogP contribution in [0.3, 0.4) is 0 Å². The van der Waals surface area contributed by atoms with Crippen LogP contribution in [-0.2, 0) is 14.1 Å². The normalized spacial score (nSPS) is 10.5. The lowest BCUT2D eigenvalue weighted by Crippen LogP contribution is -2.28. The molecule has 5 heteroatoms. The highest BCUT2D eigenvalue weighted by molar-refractivity contribution is 6.40. The minimum absolute atomic E-state index is 0.453. The fourth-order valence-corrected chi connectivity index (χ4v) is 1.33. The number of imidazole rings is 1. The number of halogens is 3. The summed E-state index contributed by atoms with van der Waals surface area (Å²) in [5.74, 6) is 0. The Balaban J connectivity index is 3.44. The van der Waals surface area contributed by atoms with E-state index in [4.69, 9.17) is 34.8 Å². The molecule has 0 unspecified atom stereocenters. The lowest BCUT2D eigenvalue weighted by atomic mass is 10.9. The Morgan fingerprint density at radius 1 is 1.30 bits per heavy atom. The first-order valence-corrected chi connectivity index (χ1v) is 3.74. The van der Waals surface area contributed by atoms with E-state index >= 15 is 0 Å². The van der Waals surface area contributed by atoms with Crippen LogP contribution in [0.4, 0.5) is 0 Å². The molecule has 0 spiro atoms. The highest BCUT2D eigenvalue weighted by atomic mass is 35.5. The zero-order chi connectivity index (χ0) is 7.89. The first-order valence-electron chi connectivity index (χ1n) is 2.61. The van der Waals surface area contributed by atoms with E-state index in [1.807, 2.05) is 0 Å². The van der Waals surface area contributed by atoms with E-state index in [1.54, 1.807) is 23.2 Å². The van der Waals surface area contributed by atoms with Gasteiger partial charge in [-0.25, -0.2) is 9.13 Å². The number of nitrogens with zero attached hydrogens (tertiary/aromatic N) is 2. The summed E-state index contributed by atoms with van der Waals surface area (Å²) in [4.78, 5) is 0. The van der Waals surface area contributed by atoms with Crippen LogP contribution in [-0.4, -0.2) is 4.57 Å². The summed E-state index contributed by atoms with van der Waals surface area (Å²) < 4.78 is 3.21. The molecule has 2 nitrogen and oxygen atoms in total. The van der Waals surface area contributed by atoms with Crippen molar-refractivity contribution in [2.24, 2.45) is 14.1 Å². The molecule has 1 aromatic rings. The maximum Gasteiger partial charge on any atom is 0.356 e. The average Bonchev–Trinajstić information content (AvgIpc) is 2.07. The summed E-state index contributed by atoms with van der Waals surface area (Å²) in [6, 6.07) is 0. The molecule has 0 bridgehead atoms. The lowest BCUT2D eigenvalue weighted by Gasteiger charge is -1.83. The predicted octanol–water partition coefficient (Wildman–Crippen LogP) is 1.81. The van der Waals surface area contributed by atoms with Gasteiger partial charge >= 0.3 is 5.28 Å². The van der Waals surface area contributed by atoms with Gasteiger partial charge in [0, 0.05) is 11.6 Å². The van der Waals surface area contributed by atoms with Crippen molar-refractivity contribution in [3.63, 3.8) is 0 Å². The van der Waals surface area contributed by atoms with Crippen LogP contribution in [0.5, 0.6) is 0 Å². The van der Waals surface area contributed by atoms with Crippen LogP contribution >= 0.6 is 34.8 Å². The third kappa shape index (κ3) is 1.00. The quantitative estimate of drug-likeness (QED) is 0.565. The number of hydrogen-bond donors (Lipinski definition) is 0. The van der Waals surface area contributed by atoms with E-state index in [2.05, 4.69) is 0 Å². The van der Waals surface area contributed by atoms with Gasteiger partial charge in [0.1, 0.15) is 0 Å². The predicted molar refractivity (Wildman–Crippen MR) is 41.6 cm³/mol. The molecule has 0 atom stereocenters. The van der Waals surface area contributed by atoms with Gasteiger partial charge in [-0.1, -0.05) is 0 Å². The van der Waals surface area contributed by atoms with Gasteiger partial charge in [-0.15, -0.1) is 0 Å². The molecule has 0 fully saturated rings. The number of rotatable bonds is 0. The molecule has 0 aliphatic carbocycles. The topological polar surface area (TPSA) is 8.81 Å². The fraction of sp³-hybridized carbons (Fsp3) is 0.400. The fourth-order valence-electron chi connectivity index (χ4n) is 0.664. The third-order valence-electron chi connectivity index (χ3n) is 1.31. The van der Waals surface area contributed by atoms with Gasteiger partial charge in [0.05, 0.1) is 14.1 Å². The molecule has 0 saturated heterocycles.